The Hall–Kier alpha value is -3.58. The SMILES string of the molecule is COc1cc(N2CCOCC2)ccc1Nc1ncc(C(F)(F)F)c(Nc2sccc2C(=O)O)n1. The van der Waals surface area contributed by atoms with Crippen LogP contribution in [0.1, 0.15) is 15.9 Å². The number of ether oxygens (including phenoxy) is 2. The largest absolute Gasteiger partial charge is 0.494 e. The molecule has 0 bridgehead atoms. The number of hydrogen-bond donors (Lipinski definition) is 3. The van der Waals surface area contributed by atoms with Gasteiger partial charge in [-0.25, -0.2) is 9.78 Å². The Morgan fingerprint density at radius 3 is 2.68 bits per heavy atom. The Balaban J connectivity index is 1.64. The molecule has 0 saturated carbocycles. The minimum atomic E-state index is -4.75. The first-order valence-electron chi connectivity index (χ1n) is 10.1. The summed E-state index contributed by atoms with van der Waals surface area (Å²) < 4.78 is 51.5. The predicted octanol–water partition coefficient (Wildman–Crippen LogP) is 4.59. The van der Waals surface area contributed by atoms with Gasteiger partial charge in [0.25, 0.3) is 0 Å². The molecule has 1 fully saturated rings. The number of halogens is 3. The van der Waals surface area contributed by atoms with E-state index in [4.69, 9.17) is 9.47 Å². The van der Waals surface area contributed by atoms with Crippen molar-refractivity contribution in [1.82, 2.24) is 9.97 Å². The van der Waals surface area contributed by atoms with E-state index < -0.39 is 23.5 Å². The van der Waals surface area contributed by atoms with Gasteiger partial charge in [-0.1, -0.05) is 0 Å². The number of carboxylic acids is 1. The quantitative estimate of drug-likeness (QED) is 0.434. The Labute approximate surface area is 196 Å². The van der Waals surface area contributed by atoms with Crippen LogP contribution in [0.25, 0.3) is 0 Å². The number of nitrogens with one attached hydrogen (secondary N) is 2. The average molecular weight is 495 g/mol. The van der Waals surface area contributed by atoms with Gasteiger partial charge in [0.2, 0.25) is 5.95 Å². The second-order valence-corrected chi connectivity index (χ2v) is 8.07. The van der Waals surface area contributed by atoms with Gasteiger partial charge < -0.3 is 30.1 Å². The van der Waals surface area contributed by atoms with Gasteiger partial charge in [-0.3, -0.25) is 0 Å². The molecule has 3 N–H and O–H groups in total. The molecule has 0 unspecified atom stereocenters. The average Bonchev–Trinajstić information content (AvgIpc) is 3.28. The van der Waals surface area contributed by atoms with Gasteiger partial charge in [-0.05, 0) is 23.6 Å². The molecule has 3 aromatic rings. The zero-order valence-electron chi connectivity index (χ0n) is 17.8. The number of morpholine rings is 1. The van der Waals surface area contributed by atoms with Crippen LogP contribution >= 0.6 is 11.3 Å². The number of rotatable bonds is 7. The lowest BCUT2D eigenvalue weighted by Gasteiger charge is -2.29. The normalized spacial score (nSPS) is 14.1. The second-order valence-electron chi connectivity index (χ2n) is 7.16. The van der Waals surface area contributed by atoms with Crippen molar-refractivity contribution in [1.29, 1.82) is 0 Å². The molecule has 0 radical (unpaired) electrons. The molecule has 1 aliphatic heterocycles. The molecule has 3 heterocycles. The van der Waals surface area contributed by atoms with Crippen LogP contribution in [0.4, 0.5) is 41.3 Å². The number of methoxy groups -OCH3 is 1. The Kier molecular flexibility index (Phi) is 6.75. The van der Waals surface area contributed by atoms with Gasteiger partial charge in [0.05, 0.1) is 31.6 Å². The summed E-state index contributed by atoms with van der Waals surface area (Å²) in [6.07, 6.45) is -4.11. The summed E-state index contributed by atoms with van der Waals surface area (Å²) in [4.78, 5) is 21.3. The van der Waals surface area contributed by atoms with Gasteiger partial charge >= 0.3 is 12.1 Å². The highest BCUT2D eigenvalue weighted by molar-refractivity contribution is 7.14. The van der Waals surface area contributed by atoms with Crippen molar-refractivity contribution in [3.8, 4) is 5.75 Å². The zero-order valence-corrected chi connectivity index (χ0v) is 18.7. The summed E-state index contributed by atoms with van der Waals surface area (Å²) in [6, 6.07) is 6.68. The van der Waals surface area contributed by atoms with Crippen molar-refractivity contribution in [3.05, 3.63) is 47.0 Å². The fourth-order valence-corrected chi connectivity index (χ4v) is 4.13. The molecule has 0 amide bonds. The molecule has 0 atom stereocenters. The molecule has 9 nitrogen and oxygen atoms in total. The second kappa shape index (κ2) is 9.73. The van der Waals surface area contributed by atoms with Gasteiger partial charge in [0, 0.05) is 31.0 Å². The smallest absolute Gasteiger partial charge is 0.421 e. The first-order chi connectivity index (χ1) is 16.3. The maximum absolute atomic E-state index is 13.5. The van der Waals surface area contributed by atoms with E-state index in [1.807, 2.05) is 12.1 Å². The number of hydrogen-bond acceptors (Lipinski definition) is 9. The van der Waals surface area contributed by atoms with E-state index in [2.05, 4.69) is 25.5 Å². The number of anilines is 5. The van der Waals surface area contributed by atoms with E-state index in [1.54, 1.807) is 6.07 Å². The van der Waals surface area contributed by atoms with E-state index in [-0.39, 0.29) is 16.5 Å². The van der Waals surface area contributed by atoms with Crippen molar-refractivity contribution >= 4 is 45.4 Å². The van der Waals surface area contributed by atoms with E-state index in [0.717, 1.165) is 30.1 Å². The minimum absolute atomic E-state index is 0.0232. The summed E-state index contributed by atoms with van der Waals surface area (Å²) in [5.41, 5.74) is 0.0805. The van der Waals surface area contributed by atoms with Gasteiger partial charge in [0.15, 0.2) is 0 Å². The molecular weight excluding hydrogens is 475 g/mol. The number of nitrogens with zero attached hydrogens (tertiary/aromatic N) is 3. The van der Waals surface area contributed by atoms with Crippen molar-refractivity contribution in [2.75, 3.05) is 48.9 Å². The van der Waals surface area contributed by atoms with Crippen LogP contribution in [0.15, 0.2) is 35.8 Å². The molecule has 0 spiro atoms. The van der Waals surface area contributed by atoms with Crippen LogP contribution < -0.4 is 20.3 Å². The van der Waals surface area contributed by atoms with Gasteiger partial charge in [-0.2, -0.15) is 18.2 Å². The molecule has 180 valence electrons. The Bertz CT molecular complexity index is 1180. The van der Waals surface area contributed by atoms with Crippen LogP contribution in [0, 0.1) is 0 Å². The molecule has 1 saturated heterocycles. The highest BCUT2D eigenvalue weighted by Gasteiger charge is 2.36. The number of aromatic carboxylic acids is 1. The maximum Gasteiger partial charge on any atom is 0.421 e. The van der Waals surface area contributed by atoms with Crippen LogP contribution in [-0.2, 0) is 10.9 Å². The van der Waals surface area contributed by atoms with Crippen molar-refractivity contribution < 1.29 is 32.5 Å². The predicted molar refractivity (Wildman–Crippen MR) is 121 cm³/mol. The highest BCUT2D eigenvalue weighted by atomic mass is 32.1. The third-order valence-corrected chi connectivity index (χ3v) is 5.86. The van der Waals surface area contributed by atoms with Gasteiger partial charge in [0.1, 0.15) is 22.1 Å². The topological polar surface area (TPSA) is 109 Å². The van der Waals surface area contributed by atoms with Crippen molar-refractivity contribution in [2.45, 2.75) is 6.18 Å². The molecule has 34 heavy (non-hydrogen) atoms. The molecule has 2 aromatic heterocycles. The van der Waals surface area contributed by atoms with Crippen LogP contribution in [0.5, 0.6) is 5.75 Å². The van der Waals surface area contributed by atoms with Crippen molar-refractivity contribution in [2.24, 2.45) is 0 Å². The molecular formula is C21H20F3N5O4S. The fraction of sp³-hybridized carbons (Fsp3) is 0.286. The van der Waals surface area contributed by atoms with Gasteiger partial charge in [-0.15, -0.1) is 11.3 Å². The van der Waals surface area contributed by atoms with E-state index in [0.29, 0.717) is 30.8 Å². The maximum atomic E-state index is 13.5. The van der Waals surface area contributed by atoms with Crippen LogP contribution in [-0.4, -0.2) is 54.5 Å². The monoisotopic (exact) mass is 495 g/mol. The fourth-order valence-electron chi connectivity index (χ4n) is 3.35. The first kappa shape index (κ1) is 23.6. The number of benzene rings is 1. The van der Waals surface area contributed by atoms with E-state index in [1.165, 1.54) is 18.6 Å². The standard InChI is InChI=1S/C21H20F3N5O4S/c1-32-16-10-12(29-5-7-33-8-6-29)2-3-15(16)26-20-25-11-14(21(22,23)24)17(28-20)27-18-13(19(30)31)4-9-34-18/h2-4,9-11H,5-8H2,1H3,(H,30,31)(H2,25,26,27,28). The summed E-state index contributed by atoms with van der Waals surface area (Å²) >= 11 is 0.949. The number of aromatic nitrogens is 2. The molecule has 1 aliphatic rings. The van der Waals surface area contributed by atoms with Crippen LogP contribution in [0.2, 0.25) is 0 Å². The lowest BCUT2D eigenvalue weighted by atomic mass is 10.2. The lowest BCUT2D eigenvalue weighted by Crippen LogP contribution is -2.36. The Morgan fingerprint density at radius 2 is 2.00 bits per heavy atom. The zero-order chi connectivity index (χ0) is 24.3. The third kappa shape index (κ3) is 5.15. The molecule has 1 aromatic carbocycles. The van der Waals surface area contributed by atoms with E-state index >= 15 is 0 Å². The number of thiophene rings is 1. The third-order valence-electron chi connectivity index (χ3n) is 5.03. The number of carbonyl (C=O) groups is 1. The molecule has 13 heteroatoms. The Morgan fingerprint density at radius 1 is 1.24 bits per heavy atom. The lowest BCUT2D eigenvalue weighted by molar-refractivity contribution is -0.137. The summed E-state index contributed by atoms with van der Waals surface area (Å²) in [5.74, 6) is -1.51. The molecule has 4 rings (SSSR count). The number of carboxylic acid groups (broad SMARTS) is 1. The van der Waals surface area contributed by atoms with Crippen molar-refractivity contribution in [3.63, 3.8) is 0 Å². The molecule has 0 aliphatic carbocycles. The van der Waals surface area contributed by atoms with Crippen LogP contribution in [0.3, 0.4) is 0 Å². The minimum Gasteiger partial charge on any atom is -0.494 e. The highest BCUT2D eigenvalue weighted by Crippen LogP contribution is 2.38. The number of alkyl halides is 3. The summed E-state index contributed by atoms with van der Waals surface area (Å²) in [5, 5.41) is 16.1. The summed E-state index contributed by atoms with van der Waals surface area (Å²) in [6.45, 7) is 2.69. The first-order valence-corrected chi connectivity index (χ1v) is 10.9. The summed E-state index contributed by atoms with van der Waals surface area (Å²) in [7, 11) is 1.48. The van der Waals surface area contributed by atoms with E-state index in [9.17, 15) is 23.1 Å².